The number of phenols is 5. The van der Waals surface area contributed by atoms with Crippen molar-refractivity contribution >= 4 is 11.9 Å². The van der Waals surface area contributed by atoms with Gasteiger partial charge in [-0.3, -0.25) is 0 Å². The number of carboxylic acid groups (broad SMARTS) is 2. The van der Waals surface area contributed by atoms with Gasteiger partial charge in [-0.05, 0) is 182 Å². The van der Waals surface area contributed by atoms with Crippen LogP contribution in [0.1, 0.15) is 262 Å². The molecule has 0 amide bonds. The zero-order chi connectivity index (χ0) is 70.8. The zero-order valence-electron chi connectivity index (χ0n) is 61.0. The standard InChI is InChI=1S/C54H66O6.C31H40O3/c1-29-19-33(27-35-21-31(3)25-41(47(35)55)53(11,12)13)43(39(23-29)51(5,6)7)45-37(49(57)58)17-18-38(50(59)60)46(45)44-34(20-30(2)24-40(44)52(8,9)10)28-36-22-32(4)26-42(48(36)56)54(14,15)16;1-18-10-21(16-23-12-19(2)14-25(28(23)33)30(4,5)6)27(32)22(11-18)17-24-13-20(3)15-26(29(24)34)31(7,8)9/h17-26,55-56H,27-28H2,1-16H3,(H,57,58)(H,59,60);10-15,32-34H,16-17H2,1-9H3. The average molecular weight is 1270 g/mol. The summed E-state index contributed by atoms with van der Waals surface area (Å²) in [7, 11) is 0. The lowest BCUT2D eigenvalue weighted by atomic mass is 9.71. The molecule has 8 aromatic rings. The summed E-state index contributed by atoms with van der Waals surface area (Å²) >= 11 is 0. The van der Waals surface area contributed by atoms with Gasteiger partial charge < -0.3 is 35.7 Å². The lowest BCUT2D eigenvalue weighted by Gasteiger charge is -2.32. The van der Waals surface area contributed by atoms with E-state index in [1.165, 1.54) is 12.1 Å². The number of rotatable bonds is 12. The predicted octanol–water partition coefficient (Wildman–Crippen LogP) is 20.9. The maximum absolute atomic E-state index is 13.7. The number of hydrogen-bond acceptors (Lipinski definition) is 7. The zero-order valence-corrected chi connectivity index (χ0v) is 61.0. The van der Waals surface area contributed by atoms with E-state index in [-0.39, 0.29) is 62.9 Å². The van der Waals surface area contributed by atoms with E-state index in [0.29, 0.717) is 57.7 Å². The largest absolute Gasteiger partial charge is 0.507 e. The predicted molar refractivity (Wildman–Crippen MR) is 388 cm³/mol. The summed E-state index contributed by atoms with van der Waals surface area (Å²) in [4.78, 5) is 27.4. The Labute approximate surface area is 561 Å². The van der Waals surface area contributed by atoms with Crippen LogP contribution in [-0.2, 0) is 58.2 Å². The fourth-order valence-corrected chi connectivity index (χ4v) is 13.5. The van der Waals surface area contributed by atoms with Crippen molar-refractivity contribution in [3.63, 3.8) is 0 Å². The third-order valence-corrected chi connectivity index (χ3v) is 18.0. The summed E-state index contributed by atoms with van der Waals surface area (Å²) in [6.45, 7) is 51.6. The Morgan fingerprint density at radius 1 is 0.255 bits per heavy atom. The van der Waals surface area contributed by atoms with Crippen molar-refractivity contribution in [3.05, 3.63) is 225 Å². The summed E-state index contributed by atoms with van der Waals surface area (Å²) in [6.07, 6.45) is 1.41. The number of hydrogen-bond donors (Lipinski definition) is 7. The minimum absolute atomic E-state index is 0.0192. The molecular weight excluding hydrogens is 1160 g/mol. The van der Waals surface area contributed by atoms with Crippen LogP contribution < -0.4 is 0 Å². The second-order valence-electron chi connectivity index (χ2n) is 33.1. The lowest BCUT2D eigenvalue weighted by molar-refractivity contribution is 0.0682. The second kappa shape index (κ2) is 26.5. The molecule has 0 aromatic heterocycles. The van der Waals surface area contributed by atoms with Crippen LogP contribution in [0, 0.1) is 48.5 Å². The number of carboxylic acids is 2. The first-order valence-corrected chi connectivity index (χ1v) is 33.0. The second-order valence-corrected chi connectivity index (χ2v) is 33.1. The molecule has 0 heterocycles. The fourth-order valence-electron chi connectivity index (χ4n) is 13.5. The van der Waals surface area contributed by atoms with E-state index in [2.05, 4.69) is 137 Å². The van der Waals surface area contributed by atoms with Gasteiger partial charge in [-0.2, -0.15) is 0 Å². The topological polar surface area (TPSA) is 176 Å². The van der Waals surface area contributed by atoms with Gasteiger partial charge in [0.2, 0.25) is 0 Å². The van der Waals surface area contributed by atoms with Crippen LogP contribution in [0.2, 0.25) is 0 Å². The molecule has 0 aliphatic heterocycles. The van der Waals surface area contributed by atoms with E-state index in [4.69, 9.17) is 0 Å². The summed E-state index contributed by atoms with van der Waals surface area (Å²) in [6, 6.07) is 31.1. The van der Waals surface area contributed by atoms with E-state index < -0.39 is 22.8 Å². The highest BCUT2D eigenvalue weighted by atomic mass is 16.4. The van der Waals surface area contributed by atoms with Crippen molar-refractivity contribution in [1.82, 2.24) is 0 Å². The van der Waals surface area contributed by atoms with Crippen molar-refractivity contribution < 1.29 is 45.3 Å². The van der Waals surface area contributed by atoms with Crippen molar-refractivity contribution in [2.24, 2.45) is 0 Å². The van der Waals surface area contributed by atoms with Crippen LogP contribution in [0.4, 0.5) is 0 Å². The Balaban J connectivity index is 0.000000310. The lowest BCUT2D eigenvalue weighted by Crippen LogP contribution is -2.19. The Hall–Kier alpha value is -8.30. The molecule has 0 aliphatic carbocycles. The molecule has 500 valence electrons. The normalized spacial score (nSPS) is 12.4. The maximum atomic E-state index is 13.7. The molecule has 7 N–H and O–H groups in total. The molecule has 9 nitrogen and oxygen atoms in total. The van der Waals surface area contributed by atoms with E-state index in [0.717, 1.165) is 106 Å². The highest BCUT2D eigenvalue weighted by Gasteiger charge is 2.35. The van der Waals surface area contributed by atoms with Crippen molar-refractivity contribution in [2.45, 2.75) is 231 Å². The van der Waals surface area contributed by atoms with E-state index >= 15 is 0 Å². The Kier molecular flexibility index (Phi) is 20.6. The molecule has 0 atom stereocenters. The van der Waals surface area contributed by atoms with Crippen LogP contribution in [0.15, 0.2) is 97.1 Å². The maximum Gasteiger partial charge on any atom is 0.336 e. The highest BCUT2D eigenvalue weighted by Crippen LogP contribution is 2.51. The number of benzene rings is 8. The van der Waals surface area contributed by atoms with Gasteiger partial charge in [0.15, 0.2) is 0 Å². The van der Waals surface area contributed by atoms with Gasteiger partial charge in [0, 0.05) is 36.8 Å². The van der Waals surface area contributed by atoms with Gasteiger partial charge in [0.05, 0.1) is 11.1 Å². The molecule has 0 saturated heterocycles. The van der Waals surface area contributed by atoms with Gasteiger partial charge >= 0.3 is 11.9 Å². The molecule has 8 aromatic carbocycles. The number of phenolic OH excluding ortho intramolecular Hbond substituents is 5. The fraction of sp³-hybridized carbons (Fsp3) is 0.412. The van der Waals surface area contributed by atoms with Crippen LogP contribution in [0.5, 0.6) is 28.7 Å². The SMILES string of the molecule is Cc1cc(Cc2cc(C)cc(C(C)(C)C)c2-c2c(C(=O)O)ccc(C(=O)O)c2-c2c(Cc3cc(C)cc(C(C)(C)C)c3O)cc(C)cc2C(C)(C)C)c(O)c(C(C)(C)C)c1.Cc1cc(Cc2cc(C)cc(C(C)(C)C)c2O)c(O)c(Cc2cc(C)cc(C(C)(C)C)c2O)c1. The summed E-state index contributed by atoms with van der Waals surface area (Å²) < 4.78 is 0. The molecule has 0 radical (unpaired) electrons. The third kappa shape index (κ3) is 16.1. The first-order valence-electron chi connectivity index (χ1n) is 33.0. The average Bonchev–Trinajstić information content (AvgIpc) is 0.726. The third-order valence-electron chi connectivity index (χ3n) is 18.0. The molecule has 0 fully saturated rings. The summed E-state index contributed by atoms with van der Waals surface area (Å²) in [5.74, 6) is -1.15. The van der Waals surface area contributed by atoms with E-state index in [1.54, 1.807) is 0 Å². The van der Waals surface area contributed by atoms with Gasteiger partial charge in [0.1, 0.15) is 28.7 Å². The Morgan fingerprint density at radius 2 is 0.426 bits per heavy atom. The molecule has 8 rings (SSSR count). The van der Waals surface area contributed by atoms with Crippen LogP contribution in [-0.4, -0.2) is 47.7 Å². The smallest absolute Gasteiger partial charge is 0.336 e. The molecular formula is C85H106O9. The molecule has 9 heteroatoms. The van der Waals surface area contributed by atoms with Crippen molar-refractivity contribution in [1.29, 1.82) is 0 Å². The number of aryl methyl sites for hydroxylation is 7. The molecule has 0 bridgehead atoms. The van der Waals surface area contributed by atoms with Crippen molar-refractivity contribution in [3.8, 4) is 51.0 Å². The number of aromatic carboxylic acids is 2. The first kappa shape index (κ1) is 73.1. The molecule has 0 aliphatic rings. The quantitative estimate of drug-likeness (QED) is 0.0628. The molecule has 0 unspecified atom stereocenters. The van der Waals surface area contributed by atoms with E-state index in [9.17, 15) is 45.3 Å². The monoisotopic (exact) mass is 1270 g/mol. The van der Waals surface area contributed by atoms with Crippen LogP contribution in [0.25, 0.3) is 22.3 Å². The number of carbonyl (C=O) groups is 2. The van der Waals surface area contributed by atoms with Gasteiger partial charge in [-0.25, -0.2) is 9.59 Å². The summed E-state index contributed by atoms with van der Waals surface area (Å²) in [5, 5.41) is 79.5. The molecule has 0 spiro atoms. The van der Waals surface area contributed by atoms with Crippen molar-refractivity contribution in [2.75, 3.05) is 0 Å². The van der Waals surface area contributed by atoms with Crippen LogP contribution in [0.3, 0.4) is 0 Å². The Morgan fingerprint density at radius 3 is 0.628 bits per heavy atom. The van der Waals surface area contributed by atoms with Gasteiger partial charge in [0.25, 0.3) is 0 Å². The summed E-state index contributed by atoms with van der Waals surface area (Å²) in [5.41, 5.74) is 18.2. The van der Waals surface area contributed by atoms with Gasteiger partial charge in [-0.15, -0.1) is 0 Å². The first-order chi connectivity index (χ1) is 43.0. The van der Waals surface area contributed by atoms with E-state index in [1.807, 2.05) is 121 Å². The molecule has 94 heavy (non-hydrogen) atoms. The minimum atomic E-state index is -1.18. The minimum Gasteiger partial charge on any atom is -0.507 e. The molecule has 0 saturated carbocycles. The highest BCUT2D eigenvalue weighted by molar-refractivity contribution is 6.10. The Bertz CT molecular complexity index is 3990. The number of aromatic hydroxyl groups is 5. The van der Waals surface area contributed by atoms with Gasteiger partial charge in [-0.1, -0.05) is 249 Å². The van der Waals surface area contributed by atoms with Crippen LogP contribution >= 0.6 is 0 Å².